The Kier molecular flexibility index (Phi) is 6.80. The zero-order valence-corrected chi connectivity index (χ0v) is 23.0. The zero-order valence-electron chi connectivity index (χ0n) is 23.0. The summed E-state index contributed by atoms with van der Waals surface area (Å²) in [4.78, 5) is 29.8. The van der Waals surface area contributed by atoms with Crippen molar-refractivity contribution in [3.63, 3.8) is 0 Å². The highest BCUT2D eigenvalue weighted by Crippen LogP contribution is 2.42. The highest BCUT2D eigenvalue weighted by molar-refractivity contribution is 5.72. The maximum Gasteiger partial charge on any atom is 0.410 e. The summed E-state index contributed by atoms with van der Waals surface area (Å²) in [6.07, 6.45) is 4.96. The molecule has 1 amide bonds. The zero-order chi connectivity index (χ0) is 28.0. The maximum absolute atomic E-state index is 15.1. The van der Waals surface area contributed by atoms with Crippen molar-refractivity contribution in [1.29, 1.82) is 0 Å². The second-order valence-electron chi connectivity index (χ2n) is 11.7. The molecule has 0 atom stereocenters. The molecule has 3 aliphatic rings. The third-order valence-corrected chi connectivity index (χ3v) is 7.59. The van der Waals surface area contributed by atoms with Gasteiger partial charge in [-0.25, -0.2) is 23.5 Å². The Morgan fingerprint density at radius 2 is 1.95 bits per heavy atom. The summed E-state index contributed by atoms with van der Waals surface area (Å²) in [5.74, 6) is -0.524. The molecule has 1 aliphatic carbocycles. The van der Waals surface area contributed by atoms with E-state index in [1.165, 1.54) is 6.07 Å². The van der Waals surface area contributed by atoms with E-state index in [1.54, 1.807) is 11.0 Å². The smallest absolute Gasteiger partial charge is 0.410 e. The third kappa shape index (κ3) is 5.31. The lowest BCUT2D eigenvalue weighted by molar-refractivity contribution is 0.0222. The molecule has 2 aliphatic heterocycles. The predicted octanol–water partition coefficient (Wildman–Crippen LogP) is 5.45. The first-order chi connectivity index (χ1) is 19.1. The molecule has 1 aromatic carbocycles. The number of ether oxygens (including phenoxy) is 2. The summed E-state index contributed by atoms with van der Waals surface area (Å²) in [7, 11) is 0. The van der Waals surface area contributed by atoms with Crippen molar-refractivity contribution < 1.29 is 23.0 Å². The van der Waals surface area contributed by atoms with Crippen LogP contribution in [0.1, 0.15) is 62.8 Å². The Labute approximate surface area is 232 Å². The van der Waals surface area contributed by atoms with E-state index >= 15 is 4.39 Å². The lowest BCUT2D eigenvalue weighted by atomic mass is 9.90. The molecular formula is C30H33F2N5O3. The molecule has 8 nitrogen and oxygen atoms in total. The van der Waals surface area contributed by atoms with Crippen LogP contribution in [-0.4, -0.2) is 57.3 Å². The number of carbonyl (C=O) groups excluding carboxylic acids is 1. The van der Waals surface area contributed by atoms with Gasteiger partial charge < -0.3 is 19.3 Å². The number of pyridine rings is 1. The SMILES string of the molecule is CC(C)(C)OC(=O)N1CCc2nc(Cc3ncc(F)c(-c4cc(F)c5c(c4)N(C4CCC4)CCO5)n3)ccc2C1. The quantitative estimate of drug-likeness (QED) is 0.428. The number of aromatic nitrogens is 3. The van der Waals surface area contributed by atoms with Gasteiger partial charge in [0.15, 0.2) is 17.4 Å². The number of hydrogen-bond donors (Lipinski definition) is 0. The van der Waals surface area contributed by atoms with Crippen LogP contribution in [0.4, 0.5) is 19.3 Å². The van der Waals surface area contributed by atoms with Crippen LogP contribution in [-0.2, 0) is 24.1 Å². The van der Waals surface area contributed by atoms with Gasteiger partial charge in [0.05, 0.1) is 31.4 Å². The van der Waals surface area contributed by atoms with Crippen molar-refractivity contribution in [1.82, 2.24) is 19.9 Å². The van der Waals surface area contributed by atoms with Gasteiger partial charge in [0, 0.05) is 36.0 Å². The van der Waals surface area contributed by atoms with E-state index in [2.05, 4.69) is 14.9 Å². The van der Waals surface area contributed by atoms with Gasteiger partial charge in [-0.3, -0.25) is 4.98 Å². The van der Waals surface area contributed by atoms with Crippen LogP contribution in [0.2, 0.25) is 0 Å². The maximum atomic E-state index is 15.1. The van der Waals surface area contributed by atoms with Gasteiger partial charge in [-0.15, -0.1) is 0 Å². The molecule has 0 saturated heterocycles. The highest BCUT2D eigenvalue weighted by Gasteiger charge is 2.32. The average Bonchev–Trinajstić information content (AvgIpc) is 2.88. The molecule has 0 radical (unpaired) electrons. The van der Waals surface area contributed by atoms with E-state index in [-0.39, 0.29) is 17.5 Å². The first-order valence-electron chi connectivity index (χ1n) is 13.8. The molecule has 10 heteroatoms. The van der Waals surface area contributed by atoms with E-state index in [4.69, 9.17) is 14.5 Å². The molecule has 1 fully saturated rings. The number of rotatable bonds is 4. The first kappa shape index (κ1) is 26.4. The second-order valence-corrected chi connectivity index (χ2v) is 11.7. The molecule has 0 spiro atoms. The number of amides is 1. The van der Waals surface area contributed by atoms with Crippen molar-refractivity contribution in [2.45, 2.75) is 71.1 Å². The molecule has 1 saturated carbocycles. The molecule has 2 aromatic heterocycles. The number of nitrogens with zero attached hydrogens (tertiary/aromatic N) is 5. The van der Waals surface area contributed by atoms with Gasteiger partial charge >= 0.3 is 6.09 Å². The molecule has 4 heterocycles. The van der Waals surface area contributed by atoms with Crippen molar-refractivity contribution in [3.05, 3.63) is 64.9 Å². The lowest BCUT2D eigenvalue weighted by Crippen LogP contribution is -2.44. The topological polar surface area (TPSA) is 80.7 Å². The highest BCUT2D eigenvalue weighted by atomic mass is 19.1. The van der Waals surface area contributed by atoms with Crippen LogP contribution in [0.5, 0.6) is 5.75 Å². The van der Waals surface area contributed by atoms with Crippen LogP contribution >= 0.6 is 0 Å². The van der Waals surface area contributed by atoms with Gasteiger partial charge in [-0.05, 0) is 63.8 Å². The van der Waals surface area contributed by atoms with E-state index in [1.807, 2.05) is 32.9 Å². The summed E-state index contributed by atoms with van der Waals surface area (Å²) in [5.41, 5.74) is 3.12. The van der Waals surface area contributed by atoms with Crippen LogP contribution < -0.4 is 9.64 Å². The van der Waals surface area contributed by atoms with Gasteiger partial charge in [0.25, 0.3) is 0 Å². The number of fused-ring (bicyclic) bond motifs is 2. The minimum Gasteiger partial charge on any atom is -0.486 e. The fourth-order valence-corrected chi connectivity index (χ4v) is 5.41. The Bertz CT molecular complexity index is 1450. The normalized spacial score (nSPS) is 17.0. The van der Waals surface area contributed by atoms with Gasteiger partial charge in [-0.1, -0.05) is 6.07 Å². The fraction of sp³-hybridized carbons (Fsp3) is 0.467. The lowest BCUT2D eigenvalue weighted by Gasteiger charge is -2.42. The minimum atomic E-state index is -0.615. The Balaban J connectivity index is 1.22. The fourth-order valence-electron chi connectivity index (χ4n) is 5.41. The van der Waals surface area contributed by atoms with Gasteiger partial charge in [-0.2, -0.15) is 0 Å². The van der Waals surface area contributed by atoms with E-state index < -0.39 is 17.2 Å². The predicted molar refractivity (Wildman–Crippen MR) is 145 cm³/mol. The summed E-state index contributed by atoms with van der Waals surface area (Å²) >= 11 is 0. The molecular weight excluding hydrogens is 516 g/mol. The summed E-state index contributed by atoms with van der Waals surface area (Å²) in [6, 6.07) is 7.24. The standard InChI is InChI=1S/C30H33F2N5O3/c1-30(2,3)40-29(38)36-10-9-24-18(17-36)7-8-20(34-24)15-26-33-16-23(32)27(35-26)19-13-22(31)28-25(14-19)37(11-12-39-28)21-5-4-6-21/h7-8,13-14,16,21H,4-6,9-12,15,17H2,1-3H3. The van der Waals surface area contributed by atoms with Gasteiger partial charge in [0.1, 0.15) is 23.7 Å². The summed E-state index contributed by atoms with van der Waals surface area (Å²) in [5, 5.41) is 0. The molecule has 0 unspecified atom stereocenters. The molecule has 0 N–H and O–H groups in total. The Morgan fingerprint density at radius 1 is 1.12 bits per heavy atom. The number of halogens is 2. The van der Waals surface area contributed by atoms with Crippen molar-refractivity contribution in [2.24, 2.45) is 0 Å². The third-order valence-electron chi connectivity index (χ3n) is 7.59. The van der Waals surface area contributed by atoms with Crippen LogP contribution in [0.3, 0.4) is 0 Å². The molecule has 210 valence electrons. The van der Waals surface area contributed by atoms with E-state index in [0.717, 1.165) is 42.4 Å². The molecule has 6 rings (SSSR count). The van der Waals surface area contributed by atoms with Crippen molar-refractivity contribution >= 4 is 11.8 Å². The Morgan fingerprint density at radius 3 is 2.70 bits per heavy atom. The van der Waals surface area contributed by atoms with Crippen molar-refractivity contribution in [3.8, 4) is 17.0 Å². The van der Waals surface area contributed by atoms with Crippen molar-refractivity contribution in [2.75, 3.05) is 24.6 Å². The molecule has 3 aromatic rings. The van der Waals surface area contributed by atoms with Crippen LogP contribution in [0.15, 0.2) is 30.5 Å². The molecule has 40 heavy (non-hydrogen) atoms. The minimum absolute atomic E-state index is 0.0526. The monoisotopic (exact) mass is 549 g/mol. The van der Waals surface area contributed by atoms with Crippen LogP contribution in [0.25, 0.3) is 11.3 Å². The van der Waals surface area contributed by atoms with E-state index in [9.17, 15) is 9.18 Å². The van der Waals surface area contributed by atoms with Crippen LogP contribution in [0, 0.1) is 11.6 Å². The number of anilines is 1. The summed E-state index contributed by atoms with van der Waals surface area (Å²) < 4.78 is 41.2. The van der Waals surface area contributed by atoms with E-state index in [0.29, 0.717) is 62.2 Å². The number of benzene rings is 1. The average molecular weight is 550 g/mol. The van der Waals surface area contributed by atoms with Gasteiger partial charge in [0.2, 0.25) is 0 Å². The Hall–Kier alpha value is -3.82. The largest absolute Gasteiger partial charge is 0.486 e. The number of carbonyl (C=O) groups is 1. The summed E-state index contributed by atoms with van der Waals surface area (Å²) in [6.45, 7) is 7.59. The second kappa shape index (κ2) is 10.3. The number of hydrogen-bond acceptors (Lipinski definition) is 7. The first-order valence-corrected chi connectivity index (χ1v) is 13.8. The molecule has 0 bridgehead atoms.